The summed E-state index contributed by atoms with van der Waals surface area (Å²) in [6, 6.07) is 0. The number of carbonyl (C=O) groups excluding carboxylic acids is 1. The van der Waals surface area contributed by atoms with Crippen LogP contribution in [0.25, 0.3) is 40.9 Å². The maximum absolute atomic E-state index is 11.2. The summed E-state index contributed by atoms with van der Waals surface area (Å²) >= 11 is 38.5. The van der Waals surface area contributed by atoms with Crippen LogP contribution in [0.5, 0.6) is 0 Å². The largest absolute Gasteiger partial charge is 0.481 e. The Bertz CT molecular complexity index is 2810. The molecule has 8 aromatic heterocycles. The molecular formula is C33H25Cl5N8O5S6. The average Bonchev–Trinajstić information content (AvgIpc) is 3.86. The first-order valence-corrected chi connectivity index (χ1v) is 22.8. The van der Waals surface area contributed by atoms with Crippen molar-refractivity contribution in [1.29, 1.82) is 0 Å². The van der Waals surface area contributed by atoms with E-state index in [0.29, 0.717) is 40.5 Å². The molecule has 0 saturated carbocycles. The SMILES string of the molecule is COC(=O)CSc1ncnc2sc(C)c(Cl)c12.Cc1sc2nc[nH]c(=O)c2c1Cl.Cc1sc2ncnc(Cl)c2c1Cl.Cc1sc2ncnc(SCC(=O)O)c2c1Cl. The summed E-state index contributed by atoms with van der Waals surface area (Å²) in [6.07, 6.45) is 5.74. The van der Waals surface area contributed by atoms with Crippen LogP contribution >= 0.6 is 127 Å². The molecule has 0 unspecified atom stereocenters. The van der Waals surface area contributed by atoms with Gasteiger partial charge in [-0.2, -0.15) is 0 Å². The molecule has 13 nitrogen and oxygen atoms in total. The molecule has 0 aliphatic rings. The Balaban J connectivity index is 0.000000147. The Morgan fingerprint density at radius 3 is 1.47 bits per heavy atom. The molecule has 0 bridgehead atoms. The van der Waals surface area contributed by atoms with E-state index in [9.17, 15) is 14.4 Å². The summed E-state index contributed by atoms with van der Waals surface area (Å²) in [5.74, 6) is -0.977. The number of aromatic nitrogens is 8. The van der Waals surface area contributed by atoms with Gasteiger partial charge in [-0.1, -0.05) is 81.5 Å². The number of carboxylic acids is 1. The zero-order valence-electron chi connectivity index (χ0n) is 29.8. The van der Waals surface area contributed by atoms with Gasteiger partial charge in [0.1, 0.15) is 53.5 Å². The molecule has 0 aliphatic carbocycles. The number of H-pyrrole nitrogens is 1. The molecule has 0 aliphatic heterocycles. The van der Waals surface area contributed by atoms with Gasteiger partial charge in [0.2, 0.25) is 0 Å². The summed E-state index contributed by atoms with van der Waals surface area (Å²) in [5.41, 5.74) is -0.172. The van der Waals surface area contributed by atoms with Crippen molar-refractivity contribution in [3.63, 3.8) is 0 Å². The van der Waals surface area contributed by atoms with E-state index in [1.54, 1.807) is 0 Å². The lowest BCUT2D eigenvalue weighted by Gasteiger charge is -2.01. The van der Waals surface area contributed by atoms with Crippen LogP contribution in [-0.2, 0) is 14.3 Å². The van der Waals surface area contributed by atoms with Gasteiger partial charge in [-0.05, 0) is 27.7 Å². The second-order valence-corrected chi connectivity index (χ2v) is 19.5. The number of fused-ring (bicyclic) bond motifs is 4. The number of aliphatic carboxylic acids is 1. The highest BCUT2D eigenvalue weighted by Crippen LogP contribution is 2.40. The van der Waals surface area contributed by atoms with Crippen molar-refractivity contribution in [2.24, 2.45) is 0 Å². The lowest BCUT2D eigenvalue weighted by Crippen LogP contribution is -2.04. The number of carbonyl (C=O) groups is 2. The number of esters is 1. The number of ether oxygens (including phenoxy) is 1. The van der Waals surface area contributed by atoms with E-state index in [-0.39, 0.29) is 23.0 Å². The number of aromatic amines is 1. The number of hydrogen-bond donors (Lipinski definition) is 2. The molecule has 0 atom stereocenters. The van der Waals surface area contributed by atoms with Gasteiger partial charge in [-0.3, -0.25) is 14.4 Å². The molecule has 8 rings (SSSR count). The third kappa shape index (κ3) is 10.8. The molecule has 298 valence electrons. The van der Waals surface area contributed by atoms with Crippen molar-refractivity contribution in [3.8, 4) is 0 Å². The molecule has 0 spiro atoms. The van der Waals surface area contributed by atoms with Gasteiger partial charge in [0.25, 0.3) is 5.56 Å². The highest BCUT2D eigenvalue weighted by atomic mass is 35.5. The summed E-state index contributed by atoms with van der Waals surface area (Å²) in [6.45, 7) is 7.64. The molecule has 0 amide bonds. The number of nitrogens with one attached hydrogen (secondary N) is 1. The van der Waals surface area contributed by atoms with Crippen LogP contribution in [0.4, 0.5) is 0 Å². The van der Waals surface area contributed by atoms with Crippen LogP contribution in [0.15, 0.2) is 40.2 Å². The fourth-order valence-corrected chi connectivity index (χ4v) is 11.6. The zero-order chi connectivity index (χ0) is 41.6. The number of carboxylic acid groups (broad SMARTS) is 1. The summed E-state index contributed by atoms with van der Waals surface area (Å²) in [4.78, 5) is 70.8. The highest BCUT2D eigenvalue weighted by Gasteiger charge is 2.17. The van der Waals surface area contributed by atoms with Gasteiger partial charge >= 0.3 is 11.9 Å². The van der Waals surface area contributed by atoms with Gasteiger partial charge in [-0.25, -0.2) is 34.9 Å². The third-order valence-corrected chi connectivity index (χ3v) is 15.8. The monoisotopic (exact) mass is 980 g/mol. The van der Waals surface area contributed by atoms with Crippen LogP contribution in [0.2, 0.25) is 25.2 Å². The second-order valence-electron chi connectivity index (χ2n) is 10.9. The van der Waals surface area contributed by atoms with Crippen LogP contribution < -0.4 is 5.56 Å². The Labute approximate surface area is 372 Å². The highest BCUT2D eigenvalue weighted by molar-refractivity contribution is 8.00. The normalized spacial score (nSPS) is 10.8. The molecule has 57 heavy (non-hydrogen) atoms. The fourth-order valence-electron chi connectivity index (χ4n) is 4.50. The van der Waals surface area contributed by atoms with E-state index < -0.39 is 5.97 Å². The van der Waals surface area contributed by atoms with Gasteiger partial charge in [0, 0.05) is 19.5 Å². The first-order chi connectivity index (χ1) is 27.1. The lowest BCUT2D eigenvalue weighted by atomic mass is 10.4. The molecule has 0 fully saturated rings. The maximum atomic E-state index is 11.2. The van der Waals surface area contributed by atoms with E-state index in [2.05, 4.69) is 44.6 Å². The quantitative estimate of drug-likeness (QED) is 0.0910. The van der Waals surface area contributed by atoms with Crippen molar-refractivity contribution < 1.29 is 19.4 Å². The van der Waals surface area contributed by atoms with Crippen molar-refractivity contribution in [2.45, 2.75) is 37.7 Å². The standard InChI is InChI=1S/C10H9ClN2O2S2.C9H7ClN2O2S2.C7H4Cl2N2S.C7H5ClN2OS/c1-5-8(11)7-9(16-3-6(14)15-2)12-4-13-10(7)17-5;1-4-7(10)6-8(15-2-5(13)14)11-3-12-9(6)16-4;1-3-5(8)4-6(9)10-2-11-7(4)12-3;1-3-5(8)4-6(11)9-2-10-7(4)12-3/h4H,3H2,1-2H3;3H,2H2,1H3,(H,13,14);2H,1H3;2H,1H3,(H,9,10,11). The van der Waals surface area contributed by atoms with Crippen molar-refractivity contribution in [2.75, 3.05) is 18.6 Å². The van der Waals surface area contributed by atoms with E-state index >= 15 is 0 Å². The maximum Gasteiger partial charge on any atom is 0.316 e. The number of thiophene rings is 4. The number of rotatable bonds is 6. The molecular weight excluding hydrogens is 958 g/mol. The number of nitrogens with zero attached hydrogens (tertiary/aromatic N) is 7. The van der Waals surface area contributed by atoms with Crippen molar-refractivity contribution in [3.05, 3.63) is 80.4 Å². The number of hydrogen-bond acceptors (Lipinski definition) is 17. The molecule has 0 radical (unpaired) electrons. The van der Waals surface area contributed by atoms with Gasteiger partial charge in [0.15, 0.2) is 0 Å². The van der Waals surface area contributed by atoms with Gasteiger partial charge in [-0.15, -0.1) is 45.3 Å². The van der Waals surface area contributed by atoms with Crippen LogP contribution in [0.3, 0.4) is 0 Å². The van der Waals surface area contributed by atoms with E-state index in [1.165, 1.54) is 89.5 Å². The Morgan fingerprint density at radius 2 is 1.04 bits per heavy atom. The molecule has 0 aromatic carbocycles. The van der Waals surface area contributed by atoms with Crippen LogP contribution in [0.1, 0.15) is 19.5 Å². The van der Waals surface area contributed by atoms with Crippen molar-refractivity contribution in [1.82, 2.24) is 39.9 Å². The van der Waals surface area contributed by atoms with Gasteiger partial charge in [0.05, 0.1) is 66.6 Å². The minimum absolute atomic E-state index is 0.0304. The fraction of sp³-hybridized carbons (Fsp3) is 0.212. The Morgan fingerprint density at radius 1 is 0.632 bits per heavy atom. The van der Waals surface area contributed by atoms with E-state index in [1.807, 2.05) is 27.7 Å². The Kier molecular flexibility index (Phi) is 16.1. The lowest BCUT2D eigenvalue weighted by molar-refractivity contribution is -0.137. The summed E-state index contributed by atoms with van der Waals surface area (Å²) in [5, 5.41) is 15.7. The molecule has 2 N–H and O–H groups in total. The van der Waals surface area contributed by atoms with E-state index in [0.717, 1.165) is 66.9 Å². The smallest absolute Gasteiger partial charge is 0.316 e. The van der Waals surface area contributed by atoms with E-state index in [4.69, 9.17) is 63.1 Å². The van der Waals surface area contributed by atoms with Crippen LogP contribution in [-0.4, -0.2) is 75.5 Å². The Hall–Kier alpha value is -2.95. The van der Waals surface area contributed by atoms with Crippen molar-refractivity contribution >= 4 is 180 Å². The van der Waals surface area contributed by atoms with Crippen LogP contribution in [0, 0.1) is 27.7 Å². The zero-order valence-corrected chi connectivity index (χ0v) is 38.5. The minimum atomic E-state index is -0.875. The predicted molar refractivity (Wildman–Crippen MR) is 238 cm³/mol. The number of thioether (sulfide) groups is 2. The topological polar surface area (TPSA) is 187 Å². The molecule has 8 aromatic rings. The molecule has 0 saturated heterocycles. The first kappa shape index (κ1) is 45.1. The molecule has 8 heterocycles. The predicted octanol–water partition coefficient (Wildman–Crippen LogP) is 11.0. The summed E-state index contributed by atoms with van der Waals surface area (Å²) < 4.78 is 4.59. The molecule has 24 heteroatoms. The second kappa shape index (κ2) is 20.3. The minimum Gasteiger partial charge on any atom is -0.481 e. The first-order valence-electron chi connectivity index (χ1n) is 15.6. The number of aryl methyl sites for hydroxylation is 4. The third-order valence-electron chi connectivity index (χ3n) is 7.14. The number of halogens is 5. The van der Waals surface area contributed by atoms with Gasteiger partial charge < -0.3 is 14.8 Å². The summed E-state index contributed by atoms with van der Waals surface area (Å²) in [7, 11) is 1.36. The average molecular weight is 983 g/mol. The number of methoxy groups -OCH3 is 1.